The van der Waals surface area contributed by atoms with E-state index < -0.39 is 8.80 Å². The molecule has 0 aromatic heterocycles. The Bertz CT molecular complexity index is 196. The second kappa shape index (κ2) is 9.79. The average Bonchev–Trinajstić information content (AvgIpc) is 2.33. The molecule has 0 aliphatic rings. The smallest absolute Gasteiger partial charge is 0.377 e. The second-order valence-electron chi connectivity index (χ2n) is 4.12. The van der Waals surface area contributed by atoms with Gasteiger partial charge in [0.25, 0.3) is 0 Å². The molecule has 0 aromatic rings. The summed E-state index contributed by atoms with van der Waals surface area (Å²) in [5, 5.41) is 0. The van der Waals surface area contributed by atoms with E-state index in [0.717, 1.165) is 37.5 Å². The number of hydrogen-bond donors (Lipinski definition) is 0. The predicted octanol–water partition coefficient (Wildman–Crippen LogP) is 2.63. The Morgan fingerprint density at radius 3 is 2.06 bits per heavy atom. The van der Waals surface area contributed by atoms with Gasteiger partial charge in [0.15, 0.2) is 0 Å². The fourth-order valence-electron chi connectivity index (χ4n) is 1.52. The molecular weight excluding hydrogens is 236 g/mol. The Kier molecular flexibility index (Phi) is 9.67. The topological polar surface area (TPSA) is 36.9 Å². The first kappa shape index (κ1) is 16.8. The molecule has 0 fully saturated rings. The average molecular weight is 262 g/mol. The summed E-state index contributed by atoms with van der Waals surface area (Å²) in [5.41, 5.74) is 1.06. The van der Waals surface area contributed by atoms with Crippen LogP contribution in [0.15, 0.2) is 12.2 Å². The van der Waals surface area contributed by atoms with E-state index in [4.69, 9.17) is 18.0 Å². The van der Waals surface area contributed by atoms with E-state index in [2.05, 4.69) is 6.58 Å². The number of ether oxygens (including phenoxy) is 1. The Morgan fingerprint density at radius 2 is 1.59 bits per heavy atom. The van der Waals surface area contributed by atoms with Gasteiger partial charge in [-0.05, 0) is 19.8 Å². The van der Waals surface area contributed by atoms with Crippen molar-refractivity contribution in [1.82, 2.24) is 0 Å². The highest BCUT2D eigenvalue weighted by Crippen LogP contribution is 2.16. The van der Waals surface area contributed by atoms with Crippen molar-refractivity contribution in [3.8, 4) is 0 Å². The Hall–Kier alpha value is -0.203. The van der Waals surface area contributed by atoms with Crippen LogP contribution in [0.2, 0.25) is 6.04 Å². The quantitative estimate of drug-likeness (QED) is 0.326. The van der Waals surface area contributed by atoms with E-state index in [9.17, 15) is 0 Å². The standard InChI is InChI=1S/C12H26O4Si/c1-12(2)11-16-9-7-6-8-10-17(13-3,14-4)15-5/h1,6-11H2,2-5H3. The van der Waals surface area contributed by atoms with Gasteiger partial charge >= 0.3 is 8.80 Å². The van der Waals surface area contributed by atoms with Crippen LogP contribution >= 0.6 is 0 Å². The van der Waals surface area contributed by atoms with Crippen LogP contribution in [-0.4, -0.2) is 43.3 Å². The first-order valence-corrected chi connectivity index (χ1v) is 7.91. The largest absolute Gasteiger partial charge is 0.500 e. The number of hydrogen-bond acceptors (Lipinski definition) is 4. The van der Waals surface area contributed by atoms with Crippen molar-refractivity contribution in [3.63, 3.8) is 0 Å². The normalized spacial score (nSPS) is 11.8. The highest BCUT2D eigenvalue weighted by atomic mass is 28.4. The van der Waals surface area contributed by atoms with Crippen LogP contribution in [0.1, 0.15) is 26.2 Å². The van der Waals surface area contributed by atoms with Gasteiger partial charge in [-0.15, -0.1) is 0 Å². The summed E-state index contributed by atoms with van der Waals surface area (Å²) in [6.45, 7) is 7.20. The molecule has 0 atom stereocenters. The molecular formula is C12H26O4Si. The van der Waals surface area contributed by atoms with E-state index >= 15 is 0 Å². The van der Waals surface area contributed by atoms with E-state index in [1.807, 2.05) is 6.92 Å². The molecule has 17 heavy (non-hydrogen) atoms. The van der Waals surface area contributed by atoms with Crippen molar-refractivity contribution in [3.05, 3.63) is 12.2 Å². The van der Waals surface area contributed by atoms with E-state index in [1.54, 1.807) is 21.3 Å². The van der Waals surface area contributed by atoms with Crippen molar-refractivity contribution in [2.75, 3.05) is 34.5 Å². The highest BCUT2D eigenvalue weighted by Gasteiger charge is 2.36. The van der Waals surface area contributed by atoms with Crippen molar-refractivity contribution < 1.29 is 18.0 Å². The molecule has 0 spiro atoms. The van der Waals surface area contributed by atoms with Gasteiger partial charge in [0.2, 0.25) is 0 Å². The van der Waals surface area contributed by atoms with Gasteiger partial charge in [0.05, 0.1) is 6.61 Å². The predicted molar refractivity (Wildman–Crippen MR) is 71.1 cm³/mol. The second-order valence-corrected chi connectivity index (χ2v) is 7.21. The zero-order valence-corrected chi connectivity index (χ0v) is 12.6. The lowest BCUT2D eigenvalue weighted by atomic mass is 10.3. The van der Waals surface area contributed by atoms with Crippen molar-refractivity contribution >= 4 is 8.80 Å². The third-order valence-electron chi connectivity index (χ3n) is 2.55. The van der Waals surface area contributed by atoms with Crippen molar-refractivity contribution in [1.29, 1.82) is 0 Å². The maximum Gasteiger partial charge on any atom is 0.500 e. The van der Waals surface area contributed by atoms with E-state index in [1.165, 1.54) is 0 Å². The third-order valence-corrected chi connectivity index (χ3v) is 5.39. The van der Waals surface area contributed by atoms with Gasteiger partial charge in [-0.1, -0.05) is 18.6 Å². The lowest BCUT2D eigenvalue weighted by Crippen LogP contribution is -2.42. The molecule has 0 unspecified atom stereocenters. The molecule has 0 amide bonds. The molecule has 5 heteroatoms. The summed E-state index contributed by atoms with van der Waals surface area (Å²) >= 11 is 0. The van der Waals surface area contributed by atoms with Gasteiger partial charge in [0, 0.05) is 34.0 Å². The van der Waals surface area contributed by atoms with Crippen molar-refractivity contribution in [2.24, 2.45) is 0 Å². The molecule has 4 nitrogen and oxygen atoms in total. The maximum atomic E-state index is 5.42. The SMILES string of the molecule is C=C(C)COCCCCC[Si](OC)(OC)OC. The van der Waals surface area contributed by atoms with Crippen LogP contribution in [-0.2, 0) is 18.0 Å². The molecule has 0 aliphatic heterocycles. The van der Waals surface area contributed by atoms with Crippen LogP contribution in [0.4, 0.5) is 0 Å². The maximum absolute atomic E-state index is 5.42. The molecule has 0 saturated carbocycles. The number of unbranched alkanes of at least 4 members (excludes halogenated alkanes) is 2. The Labute approximate surface area is 106 Å². The van der Waals surface area contributed by atoms with Crippen LogP contribution in [0.5, 0.6) is 0 Å². The van der Waals surface area contributed by atoms with E-state index in [0.29, 0.717) is 6.61 Å². The summed E-state index contributed by atoms with van der Waals surface area (Å²) < 4.78 is 21.5. The van der Waals surface area contributed by atoms with E-state index in [-0.39, 0.29) is 0 Å². The van der Waals surface area contributed by atoms with Gasteiger partial charge in [-0.25, -0.2) is 0 Å². The molecule has 0 saturated heterocycles. The molecule has 0 heterocycles. The van der Waals surface area contributed by atoms with Crippen LogP contribution in [0, 0.1) is 0 Å². The van der Waals surface area contributed by atoms with Crippen LogP contribution in [0.25, 0.3) is 0 Å². The van der Waals surface area contributed by atoms with Gasteiger partial charge in [0.1, 0.15) is 0 Å². The molecule has 0 aromatic carbocycles. The Morgan fingerprint density at radius 1 is 1.00 bits per heavy atom. The van der Waals surface area contributed by atoms with Crippen molar-refractivity contribution in [2.45, 2.75) is 32.2 Å². The van der Waals surface area contributed by atoms with Crippen LogP contribution < -0.4 is 0 Å². The minimum Gasteiger partial charge on any atom is -0.377 e. The summed E-state index contributed by atoms with van der Waals surface area (Å²) in [6, 6.07) is 0.858. The molecule has 0 radical (unpaired) electrons. The van der Waals surface area contributed by atoms with Gasteiger partial charge in [-0.3, -0.25) is 0 Å². The summed E-state index contributed by atoms with van der Waals surface area (Å²) in [5.74, 6) is 0. The summed E-state index contributed by atoms with van der Waals surface area (Å²) in [7, 11) is 2.59. The monoisotopic (exact) mass is 262 g/mol. The number of rotatable bonds is 11. The molecule has 102 valence electrons. The van der Waals surface area contributed by atoms with Gasteiger partial charge in [-0.2, -0.15) is 0 Å². The molecule has 0 N–H and O–H groups in total. The lowest BCUT2D eigenvalue weighted by molar-refractivity contribution is 0.121. The molecule has 0 aliphatic carbocycles. The third kappa shape index (κ3) is 7.67. The Balaban J connectivity index is 3.52. The summed E-state index contributed by atoms with van der Waals surface area (Å²) in [4.78, 5) is 0. The molecule has 0 bridgehead atoms. The van der Waals surface area contributed by atoms with Crippen LogP contribution in [0.3, 0.4) is 0 Å². The first-order chi connectivity index (χ1) is 8.10. The molecule has 0 rings (SSSR count). The highest BCUT2D eigenvalue weighted by molar-refractivity contribution is 6.60. The van der Waals surface area contributed by atoms with Gasteiger partial charge < -0.3 is 18.0 Å². The first-order valence-electron chi connectivity index (χ1n) is 5.98. The lowest BCUT2D eigenvalue weighted by Gasteiger charge is -2.24. The summed E-state index contributed by atoms with van der Waals surface area (Å²) in [6.07, 6.45) is 3.19. The minimum atomic E-state index is -2.36. The fraction of sp³-hybridized carbons (Fsp3) is 0.833. The fourth-order valence-corrected chi connectivity index (χ4v) is 3.32. The zero-order valence-electron chi connectivity index (χ0n) is 11.6. The minimum absolute atomic E-state index is 0.660. The zero-order chi connectivity index (χ0) is 13.1.